The molecule has 0 fully saturated rings. The van der Waals surface area contributed by atoms with Gasteiger partial charge in [-0.15, -0.1) is 0 Å². The first kappa shape index (κ1) is 14.4. The molecule has 0 saturated heterocycles. The summed E-state index contributed by atoms with van der Waals surface area (Å²) in [4.78, 5) is 15.8. The predicted molar refractivity (Wildman–Crippen MR) is 81.7 cm³/mol. The molecule has 0 aliphatic carbocycles. The van der Waals surface area contributed by atoms with Gasteiger partial charge in [-0.05, 0) is 45.7 Å². The molecule has 1 aromatic carbocycles. The van der Waals surface area contributed by atoms with Gasteiger partial charge < -0.3 is 4.74 Å². The van der Waals surface area contributed by atoms with Crippen LogP contribution in [0.5, 0.6) is 11.8 Å². The molecule has 21 heavy (non-hydrogen) atoms. The fraction of sp³-hybridized carbons (Fsp3) is 0. The summed E-state index contributed by atoms with van der Waals surface area (Å²) in [7, 11) is 0. The van der Waals surface area contributed by atoms with E-state index in [0.29, 0.717) is 5.75 Å². The summed E-state index contributed by atoms with van der Waals surface area (Å²) in [5, 5.41) is 3.93. The molecule has 7 nitrogen and oxygen atoms in total. The number of rotatable bonds is 3. The van der Waals surface area contributed by atoms with Crippen molar-refractivity contribution in [2.75, 3.05) is 0 Å². The summed E-state index contributed by atoms with van der Waals surface area (Å²) >= 11 is 12.6. The Morgan fingerprint density at radius 3 is 2.71 bits per heavy atom. The van der Waals surface area contributed by atoms with Crippen molar-refractivity contribution in [1.82, 2.24) is 29.7 Å². The minimum absolute atomic E-state index is 0.00117. The first-order valence-electron chi connectivity index (χ1n) is 5.51. The van der Waals surface area contributed by atoms with E-state index in [2.05, 4.69) is 56.9 Å². The maximum absolute atomic E-state index is 5.88. The lowest BCUT2D eigenvalue weighted by Crippen LogP contribution is -2.05. The summed E-state index contributed by atoms with van der Waals surface area (Å²) in [5.41, 5.74) is 0. The van der Waals surface area contributed by atoms with E-state index < -0.39 is 0 Å². The summed E-state index contributed by atoms with van der Waals surface area (Å²) in [6, 6.07) is 5.50. The van der Waals surface area contributed by atoms with Gasteiger partial charge in [0.15, 0.2) is 0 Å². The number of ether oxygens (including phenoxy) is 1. The van der Waals surface area contributed by atoms with Gasteiger partial charge in [0.2, 0.25) is 5.28 Å². The lowest BCUT2D eigenvalue weighted by atomic mass is 10.3. The molecule has 3 rings (SSSR count). The fourth-order valence-electron chi connectivity index (χ4n) is 1.44. The Morgan fingerprint density at radius 1 is 1.14 bits per heavy atom. The number of hydrogen-bond donors (Lipinski definition) is 0. The minimum Gasteiger partial charge on any atom is -0.423 e. The monoisotopic (exact) mass is 430 g/mol. The predicted octanol–water partition coefficient (Wildman–Crippen LogP) is 3.42. The van der Waals surface area contributed by atoms with Crippen molar-refractivity contribution in [2.45, 2.75) is 0 Å². The largest absolute Gasteiger partial charge is 0.423 e. The highest BCUT2D eigenvalue weighted by Crippen LogP contribution is 2.31. The Labute approximate surface area is 140 Å². The molecule has 0 aliphatic rings. The maximum atomic E-state index is 5.88. The molecule has 2 heterocycles. The van der Waals surface area contributed by atoms with Gasteiger partial charge in [0.25, 0.3) is 5.95 Å². The van der Waals surface area contributed by atoms with E-state index in [1.54, 1.807) is 6.07 Å². The third-order valence-corrected chi connectivity index (χ3v) is 3.58. The molecule has 0 bridgehead atoms. The molecule has 106 valence electrons. The maximum Gasteiger partial charge on any atom is 0.328 e. The zero-order chi connectivity index (χ0) is 14.8. The fourth-order valence-corrected chi connectivity index (χ4v) is 2.71. The number of nitrogens with zero attached hydrogens (tertiary/aromatic N) is 6. The van der Waals surface area contributed by atoms with Crippen LogP contribution in [0.2, 0.25) is 5.28 Å². The quantitative estimate of drug-likeness (QED) is 0.631. The number of benzene rings is 1. The van der Waals surface area contributed by atoms with Gasteiger partial charge in [-0.1, -0.05) is 15.9 Å². The zero-order valence-electron chi connectivity index (χ0n) is 10.1. The molecule has 0 N–H and O–H groups in total. The van der Waals surface area contributed by atoms with E-state index in [-0.39, 0.29) is 17.2 Å². The van der Waals surface area contributed by atoms with Crippen LogP contribution in [-0.4, -0.2) is 29.7 Å². The molecule has 3 aromatic rings. The van der Waals surface area contributed by atoms with Gasteiger partial charge >= 0.3 is 6.01 Å². The van der Waals surface area contributed by atoms with E-state index in [9.17, 15) is 0 Å². The van der Waals surface area contributed by atoms with Crippen molar-refractivity contribution in [3.8, 4) is 17.7 Å². The van der Waals surface area contributed by atoms with Gasteiger partial charge in [-0.3, -0.25) is 0 Å². The van der Waals surface area contributed by atoms with Crippen LogP contribution in [-0.2, 0) is 0 Å². The second-order valence-electron chi connectivity index (χ2n) is 3.70. The topological polar surface area (TPSA) is 78.6 Å². The molecule has 0 unspecified atom stereocenters. The highest BCUT2D eigenvalue weighted by atomic mass is 79.9. The normalized spacial score (nSPS) is 10.6. The van der Waals surface area contributed by atoms with Crippen LogP contribution < -0.4 is 4.74 Å². The van der Waals surface area contributed by atoms with Crippen molar-refractivity contribution in [2.24, 2.45) is 0 Å². The third-order valence-electron chi connectivity index (χ3n) is 2.29. The van der Waals surface area contributed by atoms with Gasteiger partial charge in [0.1, 0.15) is 18.4 Å². The molecular weight excluding hydrogens is 427 g/mol. The average Bonchev–Trinajstić information content (AvgIpc) is 2.95. The minimum atomic E-state index is -0.00117. The Hall–Kier alpha value is -1.58. The van der Waals surface area contributed by atoms with Crippen molar-refractivity contribution in [1.29, 1.82) is 0 Å². The molecule has 2 aromatic heterocycles. The standard InChI is InChI=1S/C11H5Br2ClN6O/c12-6-1-2-8(7(13)3-6)21-11-18-9(14)17-10(19-11)20-5-15-4-16-20/h1-5H. The van der Waals surface area contributed by atoms with Gasteiger partial charge in [-0.25, -0.2) is 4.98 Å². The highest BCUT2D eigenvalue weighted by molar-refractivity contribution is 9.11. The Bertz CT molecular complexity index is 782. The average molecular weight is 432 g/mol. The first-order valence-corrected chi connectivity index (χ1v) is 7.48. The first-order chi connectivity index (χ1) is 10.1. The van der Waals surface area contributed by atoms with E-state index in [4.69, 9.17) is 16.3 Å². The Kier molecular flexibility index (Phi) is 4.13. The summed E-state index contributed by atoms with van der Waals surface area (Å²) < 4.78 is 8.63. The highest BCUT2D eigenvalue weighted by Gasteiger charge is 2.11. The Balaban J connectivity index is 1.95. The van der Waals surface area contributed by atoms with Gasteiger partial charge in [-0.2, -0.15) is 24.7 Å². The van der Waals surface area contributed by atoms with Crippen molar-refractivity contribution in [3.05, 3.63) is 45.1 Å². The zero-order valence-corrected chi connectivity index (χ0v) is 14.0. The molecule has 0 radical (unpaired) electrons. The molecule has 0 aliphatic heterocycles. The van der Waals surface area contributed by atoms with Crippen LogP contribution in [0.4, 0.5) is 0 Å². The molecule has 0 atom stereocenters. The Morgan fingerprint density at radius 2 is 2.00 bits per heavy atom. The molecular formula is C11H5Br2ClN6O. The number of aromatic nitrogens is 6. The van der Waals surface area contributed by atoms with Crippen LogP contribution >= 0.6 is 43.5 Å². The van der Waals surface area contributed by atoms with E-state index >= 15 is 0 Å². The second kappa shape index (κ2) is 6.04. The van der Waals surface area contributed by atoms with E-state index in [0.717, 1.165) is 8.95 Å². The van der Waals surface area contributed by atoms with Crippen molar-refractivity contribution < 1.29 is 4.74 Å². The van der Waals surface area contributed by atoms with Crippen LogP contribution in [0.25, 0.3) is 5.95 Å². The van der Waals surface area contributed by atoms with Crippen molar-refractivity contribution in [3.63, 3.8) is 0 Å². The lowest BCUT2D eigenvalue weighted by Gasteiger charge is -2.07. The molecule has 0 saturated carbocycles. The summed E-state index contributed by atoms with van der Waals surface area (Å²) in [5.74, 6) is 0.765. The lowest BCUT2D eigenvalue weighted by molar-refractivity contribution is 0.434. The van der Waals surface area contributed by atoms with E-state index in [1.807, 2.05) is 12.1 Å². The number of halogens is 3. The van der Waals surface area contributed by atoms with Crippen LogP contribution in [0.1, 0.15) is 0 Å². The molecule has 10 heteroatoms. The molecule has 0 amide bonds. The van der Waals surface area contributed by atoms with Gasteiger partial charge in [0.05, 0.1) is 4.47 Å². The third kappa shape index (κ3) is 3.36. The number of hydrogen-bond acceptors (Lipinski definition) is 6. The van der Waals surface area contributed by atoms with Crippen LogP contribution in [0.3, 0.4) is 0 Å². The summed E-state index contributed by atoms with van der Waals surface area (Å²) in [6.07, 6.45) is 2.81. The van der Waals surface area contributed by atoms with Crippen LogP contribution in [0, 0.1) is 0 Å². The molecule has 0 spiro atoms. The van der Waals surface area contributed by atoms with Gasteiger partial charge in [0, 0.05) is 4.47 Å². The van der Waals surface area contributed by atoms with Crippen LogP contribution in [0.15, 0.2) is 39.8 Å². The summed E-state index contributed by atoms with van der Waals surface area (Å²) in [6.45, 7) is 0. The van der Waals surface area contributed by atoms with Crippen molar-refractivity contribution >= 4 is 43.5 Å². The van der Waals surface area contributed by atoms with E-state index in [1.165, 1.54) is 17.3 Å². The second-order valence-corrected chi connectivity index (χ2v) is 5.81. The SMILES string of the molecule is Clc1nc(Oc2ccc(Br)cc2Br)nc(-n2cncn2)n1. The smallest absolute Gasteiger partial charge is 0.328 e.